The molecule has 4 heteroatoms. The molecule has 1 saturated heterocycles. The molecule has 1 rings (SSSR count). The highest BCUT2D eigenvalue weighted by Crippen LogP contribution is 2.19. The van der Waals surface area contributed by atoms with Gasteiger partial charge in [-0.2, -0.15) is 0 Å². The minimum absolute atomic E-state index is 0.141. The summed E-state index contributed by atoms with van der Waals surface area (Å²) in [6, 6.07) is 0.712. The molecule has 1 aliphatic heterocycles. The third kappa shape index (κ3) is 4.48. The van der Waals surface area contributed by atoms with Gasteiger partial charge in [0.1, 0.15) is 0 Å². The van der Waals surface area contributed by atoms with Crippen molar-refractivity contribution >= 4 is 6.03 Å². The van der Waals surface area contributed by atoms with Crippen LogP contribution < -0.4 is 5.32 Å². The van der Waals surface area contributed by atoms with E-state index in [1.165, 1.54) is 6.42 Å². The minimum atomic E-state index is 0.141. The number of piperidine rings is 1. The van der Waals surface area contributed by atoms with Crippen molar-refractivity contribution in [1.29, 1.82) is 0 Å². The van der Waals surface area contributed by atoms with Gasteiger partial charge >= 0.3 is 6.03 Å². The van der Waals surface area contributed by atoms with E-state index in [0.29, 0.717) is 11.5 Å². The van der Waals surface area contributed by atoms with E-state index in [-0.39, 0.29) is 6.03 Å². The SMILES string of the molecule is CCC(C)(C)CNC1CCN(C(=O)N(C)C)CC1. The van der Waals surface area contributed by atoms with Crippen LogP contribution in [0.2, 0.25) is 0 Å². The van der Waals surface area contributed by atoms with Crippen molar-refractivity contribution in [3.8, 4) is 0 Å². The van der Waals surface area contributed by atoms with Gasteiger partial charge in [0.05, 0.1) is 0 Å². The summed E-state index contributed by atoms with van der Waals surface area (Å²) >= 11 is 0. The number of nitrogens with one attached hydrogen (secondary N) is 1. The van der Waals surface area contributed by atoms with Gasteiger partial charge in [0.2, 0.25) is 0 Å². The monoisotopic (exact) mass is 255 g/mol. The van der Waals surface area contributed by atoms with E-state index in [1.807, 2.05) is 19.0 Å². The van der Waals surface area contributed by atoms with Crippen LogP contribution in [0, 0.1) is 5.41 Å². The number of carbonyl (C=O) groups excluding carboxylic acids is 1. The Bertz CT molecular complexity index is 268. The van der Waals surface area contributed by atoms with Gasteiger partial charge in [-0.1, -0.05) is 20.8 Å². The Hall–Kier alpha value is -0.770. The third-order valence-corrected chi connectivity index (χ3v) is 3.97. The summed E-state index contributed by atoms with van der Waals surface area (Å²) in [4.78, 5) is 15.4. The summed E-state index contributed by atoms with van der Waals surface area (Å²) < 4.78 is 0. The number of carbonyl (C=O) groups is 1. The molecule has 18 heavy (non-hydrogen) atoms. The first kappa shape index (κ1) is 15.3. The van der Waals surface area contributed by atoms with Gasteiger partial charge in [-0.3, -0.25) is 0 Å². The van der Waals surface area contributed by atoms with Crippen molar-refractivity contribution in [3.05, 3.63) is 0 Å². The Kier molecular flexibility index (Phi) is 5.45. The molecule has 0 aromatic carbocycles. The highest BCUT2D eigenvalue weighted by molar-refractivity contribution is 5.73. The van der Waals surface area contributed by atoms with Crippen LogP contribution in [0.25, 0.3) is 0 Å². The van der Waals surface area contributed by atoms with Crippen LogP contribution in [0.5, 0.6) is 0 Å². The third-order valence-electron chi connectivity index (χ3n) is 3.97. The lowest BCUT2D eigenvalue weighted by Crippen LogP contribution is -2.49. The molecule has 0 radical (unpaired) electrons. The first-order chi connectivity index (χ1) is 8.35. The summed E-state index contributed by atoms with van der Waals surface area (Å²) in [5.74, 6) is 0. The number of amides is 2. The standard InChI is InChI=1S/C14H29N3O/c1-6-14(2,3)11-15-12-7-9-17(10-8-12)13(18)16(4)5/h12,15H,6-11H2,1-5H3. The van der Waals surface area contributed by atoms with E-state index in [4.69, 9.17) is 0 Å². The second kappa shape index (κ2) is 6.41. The molecule has 0 unspecified atom stereocenters. The molecular weight excluding hydrogens is 226 g/mol. The molecule has 0 aromatic rings. The predicted octanol–water partition coefficient (Wildman–Crippen LogP) is 2.16. The van der Waals surface area contributed by atoms with Gasteiger partial charge in [-0.25, -0.2) is 4.79 Å². The molecule has 4 nitrogen and oxygen atoms in total. The lowest BCUT2D eigenvalue weighted by molar-refractivity contribution is 0.150. The fourth-order valence-corrected chi connectivity index (χ4v) is 2.10. The fourth-order valence-electron chi connectivity index (χ4n) is 2.10. The zero-order valence-corrected chi connectivity index (χ0v) is 12.6. The number of urea groups is 1. The van der Waals surface area contributed by atoms with Crippen molar-refractivity contribution in [3.63, 3.8) is 0 Å². The molecule has 0 atom stereocenters. The molecule has 2 amide bonds. The zero-order valence-electron chi connectivity index (χ0n) is 12.6. The van der Waals surface area contributed by atoms with Crippen molar-refractivity contribution in [2.24, 2.45) is 5.41 Å². The van der Waals surface area contributed by atoms with Gasteiger partial charge < -0.3 is 15.1 Å². The van der Waals surface area contributed by atoms with Gasteiger partial charge in [-0.15, -0.1) is 0 Å². The first-order valence-electron chi connectivity index (χ1n) is 7.05. The Labute approximate surface area is 112 Å². The second-order valence-corrected chi connectivity index (χ2v) is 6.34. The van der Waals surface area contributed by atoms with Crippen molar-refractivity contribution < 1.29 is 4.79 Å². The zero-order chi connectivity index (χ0) is 13.8. The van der Waals surface area contributed by atoms with Crippen LogP contribution in [-0.2, 0) is 0 Å². The van der Waals surface area contributed by atoms with Crippen LogP contribution in [0.4, 0.5) is 4.79 Å². The van der Waals surface area contributed by atoms with Crippen LogP contribution in [0.1, 0.15) is 40.0 Å². The van der Waals surface area contributed by atoms with Crippen LogP contribution in [0.15, 0.2) is 0 Å². The van der Waals surface area contributed by atoms with Crippen LogP contribution in [-0.4, -0.2) is 55.6 Å². The van der Waals surface area contributed by atoms with Crippen molar-refractivity contribution in [2.75, 3.05) is 33.7 Å². The molecule has 106 valence electrons. The Morgan fingerprint density at radius 2 is 1.89 bits per heavy atom. The smallest absolute Gasteiger partial charge is 0.319 e. The average molecular weight is 255 g/mol. The molecular formula is C14H29N3O. The van der Waals surface area contributed by atoms with Gasteiger partial charge in [0.15, 0.2) is 0 Å². The molecule has 0 saturated carbocycles. The van der Waals surface area contributed by atoms with Gasteiger partial charge in [0.25, 0.3) is 0 Å². The Balaban J connectivity index is 2.30. The largest absolute Gasteiger partial charge is 0.331 e. The highest BCUT2D eigenvalue weighted by Gasteiger charge is 2.24. The Morgan fingerprint density at radius 1 is 1.33 bits per heavy atom. The average Bonchev–Trinajstić information content (AvgIpc) is 2.36. The van der Waals surface area contributed by atoms with Crippen LogP contribution >= 0.6 is 0 Å². The van der Waals surface area contributed by atoms with E-state index in [1.54, 1.807) is 4.90 Å². The quantitative estimate of drug-likeness (QED) is 0.835. The number of hydrogen-bond acceptors (Lipinski definition) is 2. The van der Waals surface area contributed by atoms with Crippen molar-refractivity contribution in [2.45, 2.75) is 46.1 Å². The Morgan fingerprint density at radius 3 is 2.33 bits per heavy atom. The molecule has 0 spiro atoms. The molecule has 0 aromatic heterocycles. The molecule has 1 heterocycles. The summed E-state index contributed by atoms with van der Waals surface area (Å²) in [5, 5.41) is 3.65. The fraction of sp³-hybridized carbons (Fsp3) is 0.929. The normalized spacial score (nSPS) is 17.9. The topological polar surface area (TPSA) is 35.6 Å². The molecule has 0 bridgehead atoms. The van der Waals surface area contributed by atoms with E-state index < -0.39 is 0 Å². The highest BCUT2D eigenvalue weighted by atomic mass is 16.2. The second-order valence-electron chi connectivity index (χ2n) is 6.34. The van der Waals surface area contributed by atoms with E-state index in [2.05, 4.69) is 26.1 Å². The lowest BCUT2D eigenvalue weighted by atomic mass is 9.89. The maximum atomic E-state index is 11.8. The number of hydrogen-bond donors (Lipinski definition) is 1. The lowest BCUT2D eigenvalue weighted by Gasteiger charge is -2.35. The number of nitrogens with zero attached hydrogens (tertiary/aromatic N) is 2. The minimum Gasteiger partial charge on any atom is -0.331 e. The predicted molar refractivity (Wildman–Crippen MR) is 75.8 cm³/mol. The molecule has 1 fully saturated rings. The van der Waals surface area contributed by atoms with E-state index in [0.717, 1.165) is 32.5 Å². The van der Waals surface area contributed by atoms with E-state index >= 15 is 0 Å². The van der Waals surface area contributed by atoms with E-state index in [9.17, 15) is 4.79 Å². The summed E-state index contributed by atoms with van der Waals surface area (Å²) in [6.07, 6.45) is 3.33. The van der Waals surface area contributed by atoms with Crippen LogP contribution in [0.3, 0.4) is 0 Å². The number of likely N-dealkylation sites (tertiary alicyclic amines) is 1. The maximum absolute atomic E-state index is 11.8. The molecule has 1 aliphatic rings. The summed E-state index contributed by atoms with van der Waals surface area (Å²) in [7, 11) is 3.63. The van der Waals surface area contributed by atoms with Gasteiger partial charge in [-0.05, 0) is 24.7 Å². The summed E-state index contributed by atoms with van der Waals surface area (Å²) in [6.45, 7) is 9.65. The molecule has 0 aliphatic carbocycles. The summed E-state index contributed by atoms with van der Waals surface area (Å²) in [5.41, 5.74) is 0.372. The first-order valence-corrected chi connectivity index (χ1v) is 7.05. The maximum Gasteiger partial charge on any atom is 0.319 e. The molecule has 1 N–H and O–H groups in total. The van der Waals surface area contributed by atoms with Gasteiger partial charge in [0, 0.05) is 39.8 Å². The number of rotatable bonds is 4. The van der Waals surface area contributed by atoms with Crippen molar-refractivity contribution in [1.82, 2.24) is 15.1 Å².